The van der Waals surface area contributed by atoms with E-state index in [0.29, 0.717) is 39.1 Å². The minimum absolute atomic E-state index is 0. The van der Waals surface area contributed by atoms with E-state index in [1.54, 1.807) is 0 Å². The van der Waals surface area contributed by atoms with E-state index in [0.717, 1.165) is 106 Å². The Labute approximate surface area is 499 Å². The average Bonchev–Trinajstić information content (AvgIpc) is 2.22. The monoisotopic (exact) mass is 1200 g/mol. The van der Waals surface area contributed by atoms with Crippen molar-refractivity contribution in [2.75, 3.05) is 50.1 Å². The molecular formula is C65H101N3O13S2+2. The second-order valence-electron chi connectivity index (χ2n) is 23.2. The van der Waals surface area contributed by atoms with E-state index in [2.05, 4.69) is 124 Å². The number of carbonyl (C=O) groups is 2. The first-order valence-electron chi connectivity index (χ1n) is 29.0. The molecule has 0 saturated heterocycles. The van der Waals surface area contributed by atoms with E-state index >= 15 is 0 Å². The van der Waals surface area contributed by atoms with Crippen LogP contribution in [-0.2, 0) is 55.4 Å². The van der Waals surface area contributed by atoms with Gasteiger partial charge in [0.25, 0.3) is 10.1 Å². The lowest BCUT2D eigenvalue weighted by Gasteiger charge is -2.48. The van der Waals surface area contributed by atoms with Crippen molar-refractivity contribution in [3.05, 3.63) is 87.5 Å². The minimum Gasteiger partial charge on any atom is -0.485 e. The fourth-order valence-corrected chi connectivity index (χ4v) is 13.9. The second-order valence-corrected chi connectivity index (χ2v) is 25.1. The first-order chi connectivity index (χ1) is 37.8. The molecule has 0 saturated carbocycles. The van der Waals surface area contributed by atoms with Gasteiger partial charge in [-0.1, -0.05) is 78.1 Å². The molecule has 0 aromatic heterocycles. The molecule has 0 bridgehead atoms. The maximum atomic E-state index is 12.2. The first-order valence-corrected chi connectivity index (χ1v) is 31.6. The molecule has 5 heterocycles. The second kappa shape index (κ2) is 31.2. The van der Waals surface area contributed by atoms with E-state index in [-0.39, 0.29) is 75.1 Å². The Morgan fingerprint density at radius 1 is 0.795 bits per heavy atom. The van der Waals surface area contributed by atoms with Crippen molar-refractivity contribution in [3.8, 4) is 5.75 Å². The Hall–Kier alpha value is -5.27. The van der Waals surface area contributed by atoms with Crippen LogP contribution in [0.1, 0.15) is 214 Å². The van der Waals surface area contributed by atoms with Crippen LogP contribution in [0.4, 0.5) is 17.1 Å². The number of hydrogen-bond acceptors (Lipinski definition) is 12. The molecule has 0 spiro atoms. The number of aliphatic carboxylic acids is 1. The highest BCUT2D eigenvalue weighted by Crippen LogP contribution is 2.52. The Balaban J connectivity index is 0.000000418. The lowest BCUT2D eigenvalue weighted by molar-refractivity contribution is -0.444. The zero-order valence-corrected chi connectivity index (χ0v) is 51.0. The van der Waals surface area contributed by atoms with Crippen molar-refractivity contribution in [2.45, 2.75) is 223 Å². The molecule has 16 nitrogen and oxygen atoms in total. The largest absolute Gasteiger partial charge is 0.485 e. The third-order valence-corrected chi connectivity index (χ3v) is 17.7. The molecule has 4 unspecified atom stereocenters. The van der Waals surface area contributed by atoms with E-state index < -0.39 is 26.7 Å². The van der Waals surface area contributed by atoms with Gasteiger partial charge in [-0.05, 0) is 131 Å². The lowest BCUT2D eigenvalue weighted by atomic mass is 9.71. The summed E-state index contributed by atoms with van der Waals surface area (Å²) >= 11 is 0. The van der Waals surface area contributed by atoms with Crippen LogP contribution in [0.15, 0.2) is 54.1 Å². The molecule has 83 heavy (non-hydrogen) atoms. The summed E-state index contributed by atoms with van der Waals surface area (Å²) in [7, 11) is -7.29. The van der Waals surface area contributed by atoms with Gasteiger partial charge >= 0.3 is 22.5 Å². The van der Waals surface area contributed by atoms with Crippen LogP contribution in [0.25, 0.3) is 6.08 Å². The van der Waals surface area contributed by atoms with Crippen LogP contribution in [0.2, 0.25) is 0 Å². The summed E-state index contributed by atoms with van der Waals surface area (Å²) in [5.74, 6) is -0.637. The van der Waals surface area contributed by atoms with E-state index in [9.17, 15) is 22.6 Å². The molecule has 0 aliphatic carbocycles. The summed E-state index contributed by atoms with van der Waals surface area (Å²) in [4.78, 5) is 25.1. The lowest BCUT2D eigenvalue weighted by Crippen LogP contribution is -2.50. The van der Waals surface area contributed by atoms with Crippen molar-refractivity contribution in [2.24, 2.45) is 0 Å². The fourth-order valence-electron chi connectivity index (χ4n) is 13.1. The van der Waals surface area contributed by atoms with Crippen molar-refractivity contribution in [3.63, 3.8) is 0 Å². The molecule has 18 heteroatoms. The number of benzene rings is 3. The number of esters is 1. The number of aryl methyl sites for hydroxylation is 2. The van der Waals surface area contributed by atoms with Gasteiger partial charge in [-0.15, -0.1) is 12.6 Å². The highest BCUT2D eigenvalue weighted by Gasteiger charge is 2.55. The maximum absolute atomic E-state index is 12.2. The number of ether oxygens (including phenoxy) is 4. The van der Waals surface area contributed by atoms with Crippen LogP contribution < -0.4 is 9.64 Å². The quantitative estimate of drug-likeness (QED) is 0.0281. The van der Waals surface area contributed by atoms with Gasteiger partial charge < -0.3 is 29.0 Å². The zero-order valence-electron chi connectivity index (χ0n) is 49.3. The number of carboxylic acids is 1. The van der Waals surface area contributed by atoms with Crippen molar-refractivity contribution in [1.29, 1.82) is 0 Å². The third kappa shape index (κ3) is 17.4. The van der Waals surface area contributed by atoms with Crippen molar-refractivity contribution >= 4 is 67.2 Å². The van der Waals surface area contributed by atoms with Crippen molar-refractivity contribution < 1.29 is 68.4 Å². The molecule has 2 N–H and O–H groups in total. The standard InChI is InChI=1S/C36H46N2O6S.C26H42NO4.3CH4.O3S/c1-6-15-38-30-20-32-24(18-26(30)25(21-35(38,3)4)22-45(41,42)43)19-27-31(44-32)13-16-37-29-12-11-23(2)17-28(29)36(5,34(27)37)14-9-7-8-10-33(39)40;1-7-29-24(28)13-11-10-12-17-26(6)21(5)27(18-16-25(30-8-2)31-9-3)23-15-14-20(4)19-22(23)26;;;;1-4(2)3/h11-12,17-20,25,31H,6-10,13-16,21-22H2,1-5H3,(H-,39,40,41,42,43);14-15,19,25H,7-13,16-18H2,1-6H3;3*1H4;/q;+1;;;;/p+1. The molecule has 4 atom stereocenters. The van der Waals surface area contributed by atoms with Gasteiger partial charge in [0, 0.05) is 98.0 Å². The highest BCUT2D eigenvalue weighted by atomic mass is 32.2. The molecule has 0 amide bonds. The minimum atomic E-state index is -4.17. The van der Waals surface area contributed by atoms with Gasteiger partial charge in [0.2, 0.25) is 11.4 Å². The predicted molar refractivity (Wildman–Crippen MR) is 333 cm³/mol. The average molecular weight is 1200 g/mol. The Bertz CT molecular complexity index is 3050. The van der Waals surface area contributed by atoms with Crippen LogP contribution in [0, 0.1) is 13.8 Å². The number of hydrogen-bond donors (Lipinski definition) is 2. The molecule has 3 aromatic rings. The maximum Gasteiger partial charge on any atom is 0.425 e. The van der Waals surface area contributed by atoms with Crippen molar-refractivity contribution in [1.82, 2.24) is 0 Å². The number of unbranched alkanes of at least 4 members (excludes halogenated alkanes) is 4. The van der Waals surface area contributed by atoms with Crippen LogP contribution in [-0.4, -0.2) is 126 Å². The molecule has 0 radical (unpaired) electrons. The van der Waals surface area contributed by atoms with Gasteiger partial charge in [-0.2, -0.15) is 17.6 Å². The summed E-state index contributed by atoms with van der Waals surface area (Å²) < 4.78 is 87.9. The van der Waals surface area contributed by atoms with Gasteiger partial charge in [-0.3, -0.25) is 14.1 Å². The Morgan fingerprint density at radius 2 is 1.37 bits per heavy atom. The topological polar surface area (TPSA) is 206 Å². The SMILES string of the molecule is C.C.C.CCCN1c2cc3c(cc2C(CS(=O)(=O)O)CC1(C)C)C=C1C2=[N+](CCC1O3)c1ccc(C)cc1C2(C)CCCCCC(=O)O.CCOC(=O)CCCCCC1(C)C(C)=[N+](CCC(OCC)OCC)c2ccc(C)cc21.O=S(=O)=O. The fraction of sp³-hybridized carbons (Fsp3) is 0.631. The van der Waals surface area contributed by atoms with E-state index in [4.69, 9.17) is 36.7 Å². The molecule has 464 valence electrons. The van der Waals surface area contributed by atoms with Gasteiger partial charge in [0.05, 0.1) is 35.2 Å². The number of rotatable bonds is 24. The molecule has 0 fully saturated rings. The molecule has 5 aliphatic heterocycles. The molecule has 3 aromatic carbocycles. The predicted octanol–water partition coefficient (Wildman–Crippen LogP) is 13.6. The van der Waals surface area contributed by atoms with E-state index in [1.807, 2.05) is 20.8 Å². The highest BCUT2D eigenvalue weighted by molar-refractivity contribution is 7.85. The summed E-state index contributed by atoms with van der Waals surface area (Å²) in [6.45, 7) is 27.9. The number of anilines is 1. The normalized spacial score (nSPS) is 20.3. The number of nitrogens with zero attached hydrogens (tertiary/aromatic N) is 3. The summed E-state index contributed by atoms with van der Waals surface area (Å²) in [6.07, 6.45) is 13.5. The molecular weight excluding hydrogens is 1090 g/mol. The van der Waals surface area contributed by atoms with Crippen LogP contribution >= 0.6 is 0 Å². The van der Waals surface area contributed by atoms with Crippen LogP contribution in [0.5, 0.6) is 5.75 Å². The number of carboxylic acid groups (broad SMARTS) is 1. The zero-order chi connectivity index (χ0) is 58.7. The first kappa shape index (κ1) is 72.0. The Kier molecular flexibility index (Phi) is 27.1. The third-order valence-electron chi connectivity index (χ3n) is 16.8. The van der Waals surface area contributed by atoms with Crippen LogP contribution in [0.3, 0.4) is 0 Å². The summed E-state index contributed by atoms with van der Waals surface area (Å²) in [6, 6.07) is 17.7. The molecule has 8 rings (SSSR count). The van der Waals surface area contributed by atoms with Gasteiger partial charge in [0.1, 0.15) is 11.9 Å². The summed E-state index contributed by atoms with van der Waals surface area (Å²) in [5, 5.41) is 9.14. The number of carbonyl (C=O) groups excluding carboxylic acids is 1. The number of fused-ring (bicyclic) bond motifs is 7. The molecule has 5 aliphatic rings. The smallest absolute Gasteiger partial charge is 0.425 e. The Morgan fingerprint density at radius 3 is 1.94 bits per heavy atom. The van der Waals surface area contributed by atoms with E-state index in [1.165, 1.54) is 50.6 Å². The van der Waals surface area contributed by atoms with Gasteiger partial charge in [-0.25, -0.2) is 0 Å². The van der Waals surface area contributed by atoms with Gasteiger partial charge in [0.15, 0.2) is 30.8 Å². The summed E-state index contributed by atoms with van der Waals surface area (Å²) in [5.41, 5.74) is 14.0.